The van der Waals surface area contributed by atoms with E-state index in [1.807, 2.05) is 6.07 Å². The molecule has 1 saturated carbocycles. The Labute approximate surface area is 385 Å². The highest BCUT2D eigenvalue weighted by molar-refractivity contribution is 7.85. The summed E-state index contributed by atoms with van der Waals surface area (Å²) < 4.78 is 12.9. The van der Waals surface area contributed by atoms with Gasteiger partial charge in [-0.2, -0.15) is 4.98 Å². The molecule has 15 nitrogen and oxygen atoms in total. The molecule has 0 spiro atoms. The molecule has 346 valence electrons. The number of aromatic nitrogens is 4. The highest BCUT2D eigenvalue weighted by atomic mass is 32.2. The SMILES string of the molecule is CC1(Nc2nc(N3CCC(c4ncc(N5CCC(N6CCC(CN7CCC(c8ccc9c(c8)CN(C8CCC(=O)NC8=O)C9=O)CC7)CC6)CC5)cn4)CC3)nc3c2[S@](=O)CC3)CCC1. The predicted octanol–water partition coefficient (Wildman–Crippen LogP) is 4.99. The van der Waals surface area contributed by atoms with E-state index in [-0.39, 0.29) is 29.7 Å². The summed E-state index contributed by atoms with van der Waals surface area (Å²) in [4.78, 5) is 69.8. The molecular weight excluding hydrogens is 839 g/mol. The summed E-state index contributed by atoms with van der Waals surface area (Å²) >= 11 is 0. The number of anilines is 3. The van der Waals surface area contributed by atoms with Crippen LogP contribution in [0.5, 0.6) is 0 Å². The number of aryl methyl sites for hydroxylation is 1. The van der Waals surface area contributed by atoms with Gasteiger partial charge in [0.15, 0.2) is 0 Å². The lowest BCUT2D eigenvalue weighted by atomic mass is 9.78. The van der Waals surface area contributed by atoms with Crippen molar-refractivity contribution in [1.82, 2.24) is 40.0 Å². The number of carbonyl (C=O) groups is 3. The van der Waals surface area contributed by atoms with Gasteiger partial charge >= 0.3 is 0 Å². The first-order valence-corrected chi connectivity index (χ1v) is 26.1. The Bertz CT molecular complexity index is 2310. The van der Waals surface area contributed by atoms with Crippen molar-refractivity contribution in [2.24, 2.45) is 5.92 Å². The molecule has 6 fully saturated rings. The Morgan fingerprint density at radius 1 is 0.815 bits per heavy atom. The summed E-state index contributed by atoms with van der Waals surface area (Å²) in [7, 11) is -1.03. The number of benzene rings is 1. The van der Waals surface area contributed by atoms with Crippen LogP contribution in [0.15, 0.2) is 35.5 Å². The van der Waals surface area contributed by atoms with E-state index in [4.69, 9.17) is 19.9 Å². The molecule has 16 heteroatoms. The second-order valence-electron chi connectivity index (χ2n) is 20.6. The molecule has 1 aromatic carbocycles. The molecule has 9 heterocycles. The van der Waals surface area contributed by atoms with Gasteiger partial charge in [0.1, 0.15) is 22.6 Å². The minimum Gasteiger partial charge on any atom is -0.369 e. The first-order chi connectivity index (χ1) is 31.6. The van der Waals surface area contributed by atoms with Gasteiger partial charge in [0.2, 0.25) is 17.8 Å². The van der Waals surface area contributed by atoms with Crippen molar-refractivity contribution < 1.29 is 18.6 Å². The molecule has 2 N–H and O–H groups in total. The lowest BCUT2D eigenvalue weighted by molar-refractivity contribution is -0.136. The topological polar surface area (TPSA) is 160 Å². The largest absolute Gasteiger partial charge is 0.369 e. The molecule has 8 aliphatic rings. The molecular formula is C49H65N11O4S. The number of rotatable bonds is 10. The lowest BCUT2D eigenvalue weighted by Crippen LogP contribution is -2.52. The van der Waals surface area contributed by atoms with E-state index in [2.05, 4.69) is 61.7 Å². The fourth-order valence-corrected chi connectivity index (χ4v) is 13.5. The van der Waals surface area contributed by atoms with Crippen LogP contribution in [0.25, 0.3) is 0 Å². The van der Waals surface area contributed by atoms with E-state index < -0.39 is 16.8 Å². The molecule has 3 amide bonds. The number of nitrogens with one attached hydrogen (secondary N) is 2. The third-order valence-corrected chi connectivity index (χ3v) is 17.9. The van der Waals surface area contributed by atoms with Crippen molar-refractivity contribution in [3.05, 3.63) is 58.8 Å². The first kappa shape index (κ1) is 43.1. The van der Waals surface area contributed by atoms with E-state index in [0.717, 1.165) is 130 Å². The zero-order chi connectivity index (χ0) is 44.2. The normalized spacial score (nSPS) is 26.3. The van der Waals surface area contributed by atoms with E-state index in [1.54, 1.807) is 4.90 Å². The number of likely N-dealkylation sites (tertiary alicyclic amines) is 2. The summed E-state index contributed by atoms with van der Waals surface area (Å²) in [5, 5.41) is 6.07. The van der Waals surface area contributed by atoms with E-state index in [9.17, 15) is 18.6 Å². The summed E-state index contributed by atoms with van der Waals surface area (Å²) in [6.07, 6.45) is 18.1. The van der Waals surface area contributed by atoms with Gasteiger partial charge in [0, 0.05) is 80.9 Å². The Hall–Kier alpha value is -4.54. The summed E-state index contributed by atoms with van der Waals surface area (Å²) in [6.45, 7) is 12.3. The number of piperidine rings is 5. The number of fused-ring (bicyclic) bond motifs is 2. The first-order valence-electron chi connectivity index (χ1n) is 24.8. The highest BCUT2D eigenvalue weighted by Crippen LogP contribution is 2.40. The monoisotopic (exact) mass is 903 g/mol. The number of hydrogen-bond donors (Lipinski definition) is 2. The average Bonchev–Trinajstić information content (AvgIpc) is 3.87. The number of carbonyl (C=O) groups excluding carboxylic acids is 3. The third kappa shape index (κ3) is 8.79. The molecule has 65 heavy (non-hydrogen) atoms. The Kier molecular flexibility index (Phi) is 11.9. The molecule has 7 aliphatic heterocycles. The molecule has 11 rings (SSSR count). The Morgan fingerprint density at radius 3 is 2.25 bits per heavy atom. The molecule has 3 aromatic rings. The van der Waals surface area contributed by atoms with Gasteiger partial charge in [0.25, 0.3) is 5.91 Å². The third-order valence-electron chi connectivity index (χ3n) is 16.5. The lowest BCUT2D eigenvalue weighted by Gasteiger charge is -2.43. The second-order valence-corrected chi connectivity index (χ2v) is 22.1. The van der Waals surface area contributed by atoms with E-state index in [1.165, 1.54) is 57.3 Å². The van der Waals surface area contributed by atoms with Gasteiger partial charge in [-0.15, -0.1) is 0 Å². The summed E-state index contributed by atoms with van der Waals surface area (Å²) in [6, 6.07) is 6.37. The number of hydrogen-bond acceptors (Lipinski definition) is 13. The van der Waals surface area contributed by atoms with Crippen molar-refractivity contribution in [2.75, 3.05) is 79.8 Å². The van der Waals surface area contributed by atoms with Gasteiger partial charge in [-0.3, -0.25) is 23.9 Å². The molecule has 2 atom stereocenters. The van der Waals surface area contributed by atoms with Crippen molar-refractivity contribution in [3.8, 4) is 0 Å². The summed E-state index contributed by atoms with van der Waals surface area (Å²) in [5.74, 6) is 3.99. The fourth-order valence-electron chi connectivity index (χ4n) is 12.2. The van der Waals surface area contributed by atoms with Gasteiger partial charge in [-0.05, 0) is 139 Å². The van der Waals surface area contributed by atoms with Crippen LogP contribution in [0, 0.1) is 5.92 Å². The zero-order valence-electron chi connectivity index (χ0n) is 38.0. The van der Waals surface area contributed by atoms with Crippen molar-refractivity contribution in [1.29, 1.82) is 0 Å². The van der Waals surface area contributed by atoms with Crippen LogP contribution in [-0.2, 0) is 33.4 Å². The number of amides is 3. The molecule has 2 aromatic heterocycles. The number of nitrogens with zero attached hydrogens (tertiary/aromatic N) is 9. The molecule has 0 bridgehead atoms. The zero-order valence-corrected chi connectivity index (χ0v) is 38.8. The van der Waals surface area contributed by atoms with Crippen molar-refractivity contribution >= 4 is 46.0 Å². The number of imide groups is 1. The van der Waals surface area contributed by atoms with Crippen LogP contribution in [0.4, 0.5) is 17.5 Å². The second kappa shape index (κ2) is 17.9. The maximum atomic E-state index is 13.2. The minimum absolute atomic E-state index is 0.0349. The maximum Gasteiger partial charge on any atom is 0.255 e. The van der Waals surface area contributed by atoms with E-state index in [0.29, 0.717) is 42.2 Å². The highest BCUT2D eigenvalue weighted by Gasteiger charge is 2.40. The molecule has 1 unspecified atom stereocenters. The molecule has 1 aliphatic carbocycles. The van der Waals surface area contributed by atoms with Crippen molar-refractivity contribution in [2.45, 2.75) is 138 Å². The van der Waals surface area contributed by atoms with Crippen LogP contribution in [-0.4, -0.2) is 139 Å². The van der Waals surface area contributed by atoms with E-state index >= 15 is 0 Å². The predicted molar refractivity (Wildman–Crippen MR) is 250 cm³/mol. The fraction of sp³-hybridized carbons (Fsp3) is 0.653. The van der Waals surface area contributed by atoms with Crippen LogP contribution in [0.2, 0.25) is 0 Å². The minimum atomic E-state index is -1.03. The van der Waals surface area contributed by atoms with Gasteiger partial charge in [-0.1, -0.05) is 12.1 Å². The molecule has 0 radical (unpaired) electrons. The van der Waals surface area contributed by atoms with Crippen LogP contribution in [0.3, 0.4) is 0 Å². The Balaban J connectivity index is 0.602. The van der Waals surface area contributed by atoms with Gasteiger partial charge < -0.3 is 29.8 Å². The van der Waals surface area contributed by atoms with Gasteiger partial charge in [0.05, 0.1) is 34.6 Å². The molecule has 5 saturated heterocycles. The van der Waals surface area contributed by atoms with Crippen LogP contribution >= 0.6 is 0 Å². The Morgan fingerprint density at radius 2 is 1.54 bits per heavy atom. The quantitative estimate of drug-likeness (QED) is 0.263. The van der Waals surface area contributed by atoms with Crippen LogP contribution < -0.4 is 20.4 Å². The summed E-state index contributed by atoms with van der Waals surface area (Å²) in [5.41, 5.74) is 5.14. The van der Waals surface area contributed by atoms with Gasteiger partial charge in [-0.25, -0.2) is 15.0 Å². The van der Waals surface area contributed by atoms with Crippen molar-refractivity contribution in [3.63, 3.8) is 0 Å². The standard InChI is InChI=1S/C49H65N11O4S/c1-49(16-2-17-49)55-45-43-40(15-26-65(43)64)52-48(54-45)59-22-11-34(12-23-59)44-50-28-38(29-51-44)58-24-13-37(14-25-58)57-20-7-32(8-21-57)30-56-18-9-33(10-19-56)35-3-4-39-36(27-35)31-60(47(39)63)41-5-6-42(61)53-46(41)62/h3-4,27-29,32-34,37,41H,2,5-26,30-31H2,1H3,(H,52,54,55)(H,53,61,62)/t41?,65-/m1/s1. The maximum absolute atomic E-state index is 13.2. The smallest absolute Gasteiger partial charge is 0.255 e. The van der Waals surface area contributed by atoms with Crippen LogP contribution in [0.1, 0.15) is 135 Å². The average molecular weight is 904 g/mol.